The van der Waals surface area contributed by atoms with E-state index in [0.29, 0.717) is 12.1 Å². The van der Waals surface area contributed by atoms with Gasteiger partial charge >= 0.3 is 0 Å². The van der Waals surface area contributed by atoms with Crippen LogP contribution in [0.1, 0.15) is 26.2 Å². The molecule has 18 heavy (non-hydrogen) atoms. The molecule has 0 unspecified atom stereocenters. The van der Waals surface area contributed by atoms with Crippen LogP contribution < -0.4 is 10.1 Å². The topological polar surface area (TPSA) is 81.5 Å². The number of hydrogen-bond acceptors (Lipinski definition) is 4. The number of carbonyl (C=O) groups is 1. The van der Waals surface area contributed by atoms with E-state index in [1.165, 1.54) is 25.3 Å². The molecule has 0 aliphatic carbocycles. The highest BCUT2D eigenvalue weighted by Gasteiger charge is 2.12. The summed E-state index contributed by atoms with van der Waals surface area (Å²) < 4.78 is 5.02. The van der Waals surface area contributed by atoms with Crippen molar-refractivity contribution >= 4 is 17.3 Å². The van der Waals surface area contributed by atoms with Gasteiger partial charge in [0.15, 0.2) is 0 Å². The Morgan fingerprint density at radius 2 is 2.22 bits per heavy atom. The fourth-order valence-corrected chi connectivity index (χ4v) is 1.45. The first kappa shape index (κ1) is 14.0. The van der Waals surface area contributed by atoms with Gasteiger partial charge in [-0.2, -0.15) is 0 Å². The molecule has 6 nitrogen and oxygen atoms in total. The highest BCUT2D eigenvalue weighted by Crippen LogP contribution is 2.29. The van der Waals surface area contributed by atoms with E-state index in [2.05, 4.69) is 5.32 Å². The molecule has 0 aliphatic heterocycles. The molecular formula is C12H16N2O4. The summed E-state index contributed by atoms with van der Waals surface area (Å²) in [5, 5.41) is 13.3. The van der Waals surface area contributed by atoms with Gasteiger partial charge in [-0.15, -0.1) is 0 Å². The lowest BCUT2D eigenvalue weighted by molar-refractivity contribution is -0.384. The number of carbonyl (C=O) groups excluding carboxylic acids is 1. The highest BCUT2D eigenvalue weighted by atomic mass is 16.6. The van der Waals surface area contributed by atoms with Crippen molar-refractivity contribution in [1.82, 2.24) is 0 Å². The van der Waals surface area contributed by atoms with Gasteiger partial charge < -0.3 is 10.1 Å². The predicted molar refractivity (Wildman–Crippen MR) is 67.8 cm³/mol. The van der Waals surface area contributed by atoms with E-state index in [1.54, 1.807) is 0 Å². The SMILES string of the molecule is CCCCC(=O)Nc1ccc([N+](=O)[O-])cc1OC. The van der Waals surface area contributed by atoms with Crippen molar-refractivity contribution in [3.63, 3.8) is 0 Å². The van der Waals surface area contributed by atoms with Gasteiger partial charge in [-0.1, -0.05) is 13.3 Å². The number of nitro benzene ring substituents is 1. The molecule has 0 fully saturated rings. The van der Waals surface area contributed by atoms with E-state index in [0.717, 1.165) is 12.8 Å². The molecule has 0 atom stereocenters. The summed E-state index contributed by atoms with van der Waals surface area (Å²) in [6.07, 6.45) is 2.17. The zero-order chi connectivity index (χ0) is 13.5. The van der Waals surface area contributed by atoms with Crippen LogP contribution >= 0.6 is 0 Å². The van der Waals surface area contributed by atoms with Crippen molar-refractivity contribution in [2.45, 2.75) is 26.2 Å². The molecular weight excluding hydrogens is 236 g/mol. The summed E-state index contributed by atoms with van der Waals surface area (Å²) in [6, 6.07) is 4.09. The summed E-state index contributed by atoms with van der Waals surface area (Å²) >= 11 is 0. The Kier molecular flexibility index (Phi) is 5.10. The molecule has 0 radical (unpaired) electrons. The average molecular weight is 252 g/mol. The number of benzene rings is 1. The predicted octanol–water partition coefficient (Wildman–Crippen LogP) is 2.73. The number of unbranched alkanes of at least 4 members (excludes halogenated alkanes) is 1. The molecule has 0 aromatic heterocycles. The van der Waals surface area contributed by atoms with Crippen LogP contribution in [0.25, 0.3) is 0 Å². The van der Waals surface area contributed by atoms with E-state index in [1.807, 2.05) is 6.92 Å². The van der Waals surface area contributed by atoms with Crippen molar-refractivity contribution < 1.29 is 14.5 Å². The summed E-state index contributed by atoms with van der Waals surface area (Å²) in [5.74, 6) is 0.165. The van der Waals surface area contributed by atoms with Crippen LogP contribution in [0, 0.1) is 10.1 Å². The second-order valence-electron chi connectivity index (χ2n) is 3.79. The number of nitro groups is 1. The number of nitrogens with one attached hydrogen (secondary N) is 1. The normalized spacial score (nSPS) is 9.89. The van der Waals surface area contributed by atoms with Crippen molar-refractivity contribution in [2.75, 3.05) is 12.4 Å². The maximum absolute atomic E-state index is 11.6. The third kappa shape index (κ3) is 3.73. The quantitative estimate of drug-likeness (QED) is 0.623. The summed E-state index contributed by atoms with van der Waals surface area (Å²) in [7, 11) is 1.40. The van der Waals surface area contributed by atoms with E-state index in [4.69, 9.17) is 4.74 Å². The van der Waals surface area contributed by atoms with Gasteiger partial charge in [0.25, 0.3) is 5.69 Å². The van der Waals surface area contributed by atoms with E-state index in [-0.39, 0.29) is 17.3 Å². The van der Waals surface area contributed by atoms with Crippen LogP contribution in [0.5, 0.6) is 5.75 Å². The van der Waals surface area contributed by atoms with Gasteiger partial charge in [0.2, 0.25) is 5.91 Å². The Balaban J connectivity index is 2.82. The number of ether oxygens (including phenoxy) is 1. The number of anilines is 1. The molecule has 1 N–H and O–H groups in total. The maximum Gasteiger partial charge on any atom is 0.273 e. The van der Waals surface area contributed by atoms with Crippen LogP contribution in [0.3, 0.4) is 0 Å². The second kappa shape index (κ2) is 6.58. The summed E-state index contributed by atoms with van der Waals surface area (Å²) in [4.78, 5) is 21.7. The lowest BCUT2D eigenvalue weighted by Crippen LogP contribution is -2.11. The number of hydrogen-bond donors (Lipinski definition) is 1. The minimum absolute atomic E-state index is 0.0709. The zero-order valence-corrected chi connectivity index (χ0v) is 10.4. The smallest absolute Gasteiger partial charge is 0.273 e. The lowest BCUT2D eigenvalue weighted by Gasteiger charge is -2.09. The van der Waals surface area contributed by atoms with Gasteiger partial charge in [0.1, 0.15) is 5.75 Å². The van der Waals surface area contributed by atoms with Gasteiger partial charge in [-0.25, -0.2) is 0 Å². The van der Waals surface area contributed by atoms with Crippen LogP contribution in [0.15, 0.2) is 18.2 Å². The Bertz CT molecular complexity index is 446. The molecule has 1 rings (SSSR count). The number of nitrogens with zero attached hydrogens (tertiary/aromatic N) is 1. The Morgan fingerprint density at radius 1 is 1.50 bits per heavy atom. The molecule has 0 bridgehead atoms. The Labute approximate surface area is 105 Å². The monoisotopic (exact) mass is 252 g/mol. The summed E-state index contributed by atoms with van der Waals surface area (Å²) in [6.45, 7) is 2.00. The molecule has 6 heteroatoms. The molecule has 0 aliphatic rings. The fourth-order valence-electron chi connectivity index (χ4n) is 1.45. The van der Waals surface area contributed by atoms with Crippen molar-refractivity contribution in [2.24, 2.45) is 0 Å². The number of amides is 1. The van der Waals surface area contributed by atoms with E-state index < -0.39 is 4.92 Å². The number of methoxy groups -OCH3 is 1. The first-order valence-electron chi connectivity index (χ1n) is 5.70. The van der Waals surface area contributed by atoms with Crippen molar-refractivity contribution in [3.05, 3.63) is 28.3 Å². The average Bonchev–Trinajstić information content (AvgIpc) is 2.36. The van der Waals surface area contributed by atoms with Gasteiger partial charge in [0.05, 0.1) is 23.8 Å². The molecule has 98 valence electrons. The lowest BCUT2D eigenvalue weighted by atomic mass is 10.2. The zero-order valence-electron chi connectivity index (χ0n) is 10.4. The van der Waals surface area contributed by atoms with E-state index >= 15 is 0 Å². The minimum Gasteiger partial charge on any atom is -0.494 e. The standard InChI is InChI=1S/C12H16N2O4/c1-3-4-5-12(15)13-10-7-6-9(14(16)17)8-11(10)18-2/h6-8H,3-5H2,1-2H3,(H,13,15). The highest BCUT2D eigenvalue weighted by molar-refractivity contribution is 5.92. The Morgan fingerprint density at radius 3 is 2.78 bits per heavy atom. The first-order valence-corrected chi connectivity index (χ1v) is 5.70. The first-order chi connectivity index (χ1) is 8.58. The van der Waals surface area contributed by atoms with Crippen molar-refractivity contribution in [3.8, 4) is 5.75 Å². The molecule has 0 saturated carbocycles. The molecule has 0 saturated heterocycles. The van der Waals surface area contributed by atoms with Crippen LogP contribution in [-0.2, 0) is 4.79 Å². The fraction of sp³-hybridized carbons (Fsp3) is 0.417. The molecule has 1 amide bonds. The number of rotatable bonds is 6. The van der Waals surface area contributed by atoms with Crippen LogP contribution in [0.2, 0.25) is 0 Å². The van der Waals surface area contributed by atoms with Crippen LogP contribution in [0.4, 0.5) is 11.4 Å². The van der Waals surface area contributed by atoms with Crippen molar-refractivity contribution in [1.29, 1.82) is 0 Å². The molecule has 1 aromatic carbocycles. The third-order valence-corrected chi connectivity index (χ3v) is 2.43. The maximum atomic E-state index is 11.6. The summed E-state index contributed by atoms with van der Waals surface area (Å²) in [5.41, 5.74) is 0.377. The molecule has 1 aromatic rings. The van der Waals surface area contributed by atoms with Gasteiger partial charge in [0, 0.05) is 12.5 Å². The molecule has 0 heterocycles. The third-order valence-electron chi connectivity index (χ3n) is 2.43. The van der Waals surface area contributed by atoms with E-state index in [9.17, 15) is 14.9 Å². The largest absolute Gasteiger partial charge is 0.494 e. The molecule has 0 spiro atoms. The van der Waals surface area contributed by atoms with Crippen LogP contribution in [-0.4, -0.2) is 17.9 Å². The van der Waals surface area contributed by atoms with Gasteiger partial charge in [-0.3, -0.25) is 14.9 Å². The Hall–Kier alpha value is -2.11. The number of non-ortho nitro benzene ring substituents is 1. The van der Waals surface area contributed by atoms with Gasteiger partial charge in [-0.05, 0) is 12.5 Å². The minimum atomic E-state index is -0.509. The second-order valence-corrected chi connectivity index (χ2v) is 3.79.